The van der Waals surface area contributed by atoms with Crippen LogP contribution in [0.2, 0.25) is 0 Å². The normalized spacial score (nSPS) is 4.36. The zero-order chi connectivity index (χ0) is 7.15. The van der Waals surface area contributed by atoms with Crippen molar-refractivity contribution in [3.8, 4) is 0 Å². The molecule has 0 fully saturated rings. The zero-order valence-corrected chi connectivity index (χ0v) is 11.6. The fourth-order valence-corrected chi connectivity index (χ4v) is 0. The zero-order valence-electron chi connectivity index (χ0n) is 5.61. The van der Waals surface area contributed by atoms with Crippen molar-refractivity contribution in [3.63, 3.8) is 0 Å². The largest absolute Gasteiger partial charge is 1.00 e. The van der Waals surface area contributed by atoms with Gasteiger partial charge >= 0.3 is 47.9 Å². The molecule has 0 aromatic heterocycles. The summed E-state index contributed by atoms with van der Waals surface area (Å²) in [6.07, 6.45) is 0. The van der Waals surface area contributed by atoms with Gasteiger partial charge in [0.05, 0.1) is 0 Å². The first-order valence-electron chi connectivity index (χ1n) is 1.30. The average Bonchev–Trinajstić information content (AvgIpc) is 1.25. The van der Waals surface area contributed by atoms with Crippen molar-refractivity contribution >= 4 is 46.7 Å². The molecule has 0 atom stereocenters. The number of rotatable bonds is 0. The van der Waals surface area contributed by atoms with Crippen LogP contribution in [-0.2, 0) is 8.92 Å². The summed E-state index contributed by atoms with van der Waals surface area (Å²) in [6.45, 7) is 0. The summed E-state index contributed by atoms with van der Waals surface area (Å²) in [5.41, 5.74) is 0. The molecule has 6 nitrogen and oxygen atoms in total. The molecule has 0 aliphatic heterocycles. The van der Waals surface area contributed by atoms with Crippen LogP contribution in [0.4, 0.5) is 0 Å². The molecule has 0 amide bonds. The maximum Gasteiger partial charge on any atom is 1.00 e. The summed E-state index contributed by atoms with van der Waals surface area (Å²) in [5, 5.41) is 0. The molecule has 0 spiro atoms. The first-order chi connectivity index (χ1) is 3.46. The van der Waals surface area contributed by atoms with Crippen molar-refractivity contribution in [2.45, 2.75) is 0 Å². The van der Waals surface area contributed by atoms with Crippen molar-refractivity contribution in [1.82, 2.24) is 0 Å². The maximum absolute atomic E-state index is 8.74. The van der Waals surface area contributed by atoms with Gasteiger partial charge in [0.2, 0.25) is 0 Å². The molecule has 0 bridgehead atoms. The molecule has 0 rings (SSSR count). The molecule has 0 saturated carbocycles. The van der Waals surface area contributed by atoms with Gasteiger partial charge in [0.25, 0.3) is 0 Å². The quantitative estimate of drug-likeness (QED) is 0.313. The Morgan fingerprint density at radius 1 is 0.818 bits per heavy atom. The van der Waals surface area contributed by atoms with Gasteiger partial charge in [-0.3, -0.25) is 8.92 Å². The van der Waals surface area contributed by atoms with Gasteiger partial charge in [0.15, 0.2) is 17.4 Å². The fourth-order valence-electron chi connectivity index (χ4n) is 0. The SMILES string of the molecule is O=[Si](O)O.O=[Si](O)O.[AlH3].[Na+].[SiH3-]. The Bertz CT molecular complexity index is 75.8. The Labute approximate surface area is 104 Å². The van der Waals surface area contributed by atoms with Crippen LogP contribution in [0.3, 0.4) is 0 Å². The topological polar surface area (TPSA) is 115 Å². The minimum absolute atomic E-state index is 0. The van der Waals surface area contributed by atoms with E-state index in [0.29, 0.717) is 0 Å². The van der Waals surface area contributed by atoms with Gasteiger partial charge in [0, 0.05) is 0 Å². The minimum atomic E-state index is -3.13. The number of hydrogen-bond donors (Lipinski definition) is 4. The third kappa shape index (κ3) is 917. The Hall–Kier alpha value is 0.983. The second-order valence-corrected chi connectivity index (χ2v) is 1.70. The summed E-state index contributed by atoms with van der Waals surface area (Å²) >= 11 is 0. The molecule has 0 aromatic carbocycles. The van der Waals surface area contributed by atoms with Crippen molar-refractivity contribution in [2.24, 2.45) is 0 Å². The molecule has 0 aliphatic rings. The average molecular weight is 240 g/mol. The molecule has 0 unspecified atom stereocenters. The van der Waals surface area contributed by atoms with Crippen LogP contribution in [0.15, 0.2) is 0 Å². The standard InChI is InChI=1S/Al.Na.2H2O3Si.H3Si.3H/c;;2*1-4(2)3;;;;/h;;2*1-2H;1H3;;;/q;+1;;;-1;;;. The van der Waals surface area contributed by atoms with Crippen molar-refractivity contribution < 1.29 is 57.7 Å². The van der Waals surface area contributed by atoms with Crippen LogP contribution in [0.25, 0.3) is 0 Å². The summed E-state index contributed by atoms with van der Waals surface area (Å²) < 4.78 is 17.5. The molecule has 0 aliphatic carbocycles. The predicted molar refractivity (Wildman–Crippen MR) is 41.6 cm³/mol. The van der Waals surface area contributed by atoms with Crippen LogP contribution in [0.5, 0.6) is 0 Å². The summed E-state index contributed by atoms with van der Waals surface area (Å²) in [4.78, 5) is 28.6. The summed E-state index contributed by atoms with van der Waals surface area (Å²) in [7, 11) is -6.26. The van der Waals surface area contributed by atoms with Gasteiger partial charge in [-0.05, 0) is 0 Å². The van der Waals surface area contributed by atoms with Crippen LogP contribution in [0, 0.1) is 0 Å². The molecule has 62 valence electrons. The van der Waals surface area contributed by atoms with Crippen molar-refractivity contribution in [2.75, 3.05) is 0 Å². The molecule has 11 heteroatoms. The van der Waals surface area contributed by atoms with E-state index in [0.717, 1.165) is 0 Å². The monoisotopic (exact) mass is 240 g/mol. The van der Waals surface area contributed by atoms with E-state index >= 15 is 0 Å². The molecular formula is H10AlNaO6Si3. The second kappa shape index (κ2) is 22.4. The summed E-state index contributed by atoms with van der Waals surface area (Å²) in [6, 6.07) is 0. The van der Waals surface area contributed by atoms with Gasteiger partial charge in [0.1, 0.15) is 0 Å². The van der Waals surface area contributed by atoms with Gasteiger partial charge in [-0.1, -0.05) is 0 Å². The Kier molecular flexibility index (Phi) is 60.5. The van der Waals surface area contributed by atoms with Gasteiger partial charge in [-0.15, -0.1) is 0 Å². The van der Waals surface area contributed by atoms with Gasteiger partial charge < -0.3 is 30.1 Å². The molecule has 0 aromatic rings. The molecule has 0 radical (unpaired) electrons. The third-order valence-corrected chi connectivity index (χ3v) is 0. The maximum atomic E-state index is 8.74. The van der Waals surface area contributed by atoms with E-state index in [1.807, 2.05) is 0 Å². The molecule has 4 N–H and O–H groups in total. The van der Waals surface area contributed by atoms with Crippen molar-refractivity contribution in [3.05, 3.63) is 0 Å². The van der Waals surface area contributed by atoms with Crippen molar-refractivity contribution in [1.29, 1.82) is 0 Å². The van der Waals surface area contributed by atoms with E-state index in [4.69, 9.17) is 28.1 Å². The molecule has 11 heavy (non-hydrogen) atoms. The van der Waals surface area contributed by atoms with Crippen LogP contribution in [-0.4, -0.2) is 65.8 Å². The van der Waals surface area contributed by atoms with E-state index in [1.54, 1.807) is 0 Å². The third-order valence-electron chi connectivity index (χ3n) is 0. The van der Waals surface area contributed by atoms with E-state index in [9.17, 15) is 0 Å². The van der Waals surface area contributed by atoms with E-state index in [-0.39, 0.29) is 57.9 Å². The Morgan fingerprint density at radius 3 is 0.818 bits per heavy atom. The van der Waals surface area contributed by atoms with E-state index < -0.39 is 18.3 Å². The number of hydrogen-bond acceptors (Lipinski definition) is 2. The Morgan fingerprint density at radius 2 is 0.818 bits per heavy atom. The summed E-state index contributed by atoms with van der Waals surface area (Å²) in [5.74, 6) is 0. The van der Waals surface area contributed by atoms with Crippen LogP contribution in [0.1, 0.15) is 0 Å². The van der Waals surface area contributed by atoms with E-state index in [1.165, 1.54) is 0 Å². The predicted octanol–water partition coefficient (Wildman–Crippen LogP) is -8.59. The first-order valence-corrected chi connectivity index (χ1v) is 3.91. The molecular weight excluding hydrogens is 230 g/mol. The van der Waals surface area contributed by atoms with Gasteiger partial charge in [-0.25, -0.2) is 0 Å². The van der Waals surface area contributed by atoms with Gasteiger partial charge in [-0.2, -0.15) is 0 Å². The molecule has 0 heterocycles. The second-order valence-electron chi connectivity index (χ2n) is 0.565. The molecule has 0 saturated heterocycles. The first kappa shape index (κ1) is 29.6. The van der Waals surface area contributed by atoms with E-state index in [2.05, 4.69) is 0 Å². The fraction of sp³-hybridized carbons (Fsp3) is 0. The van der Waals surface area contributed by atoms with Crippen LogP contribution < -0.4 is 29.6 Å². The van der Waals surface area contributed by atoms with Crippen LogP contribution >= 0.6 is 0 Å². The smallest absolute Gasteiger partial charge is 0.511 e. The Balaban J connectivity index is -0.0000000171. The minimum Gasteiger partial charge on any atom is -0.511 e.